The lowest BCUT2D eigenvalue weighted by Crippen LogP contribution is -2.41. The summed E-state index contributed by atoms with van der Waals surface area (Å²) >= 11 is 1.85. The van der Waals surface area contributed by atoms with E-state index in [1.807, 2.05) is 11.3 Å². The first kappa shape index (κ1) is 14.9. The normalized spacial score (nSPS) is 22.7. The number of hydrogen-bond acceptors (Lipinski definition) is 4. The minimum Gasteiger partial charge on any atom is -0.504 e. The number of thiophene rings is 1. The third-order valence-corrected chi connectivity index (χ3v) is 5.59. The fourth-order valence-corrected chi connectivity index (χ4v) is 4.68. The molecule has 5 heteroatoms. The van der Waals surface area contributed by atoms with E-state index in [2.05, 4.69) is 18.3 Å². The molecule has 2 aromatic rings. The Kier molecular flexibility index (Phi) is 3.76. The van der Waals surface area contributed by atoms with E-state index >= 15 is 0 Å². The van der Waals surface area contributed by atoms with Gasteiger partial charge in [0.2, 0.25) is 0 Å². The van der Waals surface area contributed by atoms with Crippen LogP contribution in [0.15, 0.2) is 18.2 Å². The molecule has 1 aliphatic carbocycles. The molecule has 3 nitrogen and oxygen atoms in total. The van der Waals surface area contributed by atoms with E-state index in [1.165, 1.54) is 26.4 Å². The predicted molar refractivity (Wildman–Crippen MR) is 89.9 cm³/mol. The molecular formula is C16H18BrNO2S. The van der Waals surface area contributed by atoms with Crippen molar-refractivity contribution in [2.24, 2.45) is 0 Å². The number of hydrogen-bond donors (Lipinski definition) is 3. The number of rotatable bonds is 0. The zero-order valence-corrected chi connectivity index (χ0v) is 14.2. The Hall–Kier alpha value is -1.04. The molecule has 0 radical (unpaired) electrons. The lowest BCUT2D eigenvalue weighted by atomic mass is 9.74. The average molecular weight is 368 g/mol. The molecule has 1 aliphatic heterocycles. The highest BCUT2D eigenvalue weighted by molar-refractivity contribution is 8.93. The van der Waals surface area contributed by atoms with E-state index in [9.17, 15) is 10.2 Å². The van der Waals surface area contributed by atoms with Gasteiger partial charge in [-0.2, -0.15) is 0 Å². The number of halogens is 1. The predicted octanol–water partition coefficient (Wildman–Crippen LogP) is 3.60. The minimum atomic E-state index is -0.0107. The smallest absolute Gasteiger partial charge is 0.157 e. The highest BCUT2D eigenvalue weighted by Crippen LogP contribution is 2.45. The van der Waals surface area contributed by atoms with E-state index in [-0.39, 0.29) is 28.5 Å². The van der Waals surface area contributed by atoms with Gasteiger partial charge >= 0.3 is 0 Å². The molecule has 1 aromatic carbocycles. The van der Waals surface area contributed by atoms with E-state index in [0.717, 1.165) is 19.4 Å². The SMILES string of the molecule is Br.Cc1cc2c(s1)CNC1CCc3cc(O)c(O)cc3C21. The van der Waals surface area contributed by atoms with Crippen molar-refractivity contribution >= 4 is 28.3 Å². The molecule has 0 saturated heterocycles. The van der Waals surface area contributed by atoms with Gasteiger partial charge in [-0.05, 0) is 54.7 Å². The maximum absolute atomic E-state index is 9.85. The van der Waals surface area contributed by atoms with Gasteiger partial charge in [0.05, 0.1) is 0 Å². The van der Waals surface area contributed by atoms with E-state index in [0.29, 0.717) is 12.0 Å². The number of benzene rings is 1. The summed E-state index contributed by atoms with van der Waals surface area (Å²) in [5, 5.41) is 23.2. The van der Waals surface area contributed by atoms with Crippen LogP contribution in [0.5, 0.6) is 11.5 Å². The van der Waals surface area contributed by atoms with Crippen LogP contribution < -0.4 is 5.32 Å². The van der Waals surface area contributed by atoms with Crippen LogP contribution in [0.25, 0.3) is 0 Å². The van der Waals surface area contributed by atoms with Crippen LogP contribution in [0.1, 0.15) is 38.8 Å². The molecule has 0 amide bonds. The summed E-state index contributed by atoms with van der Waals surface area (Å²) in [7, 11) is 0. The fourth-order valence-electron chi connectivity index (χ4n) is 3.65. The van der Waals surface area contributed by atoms with Crippen molar-refractivity contribution in [3.05, 3.63) is 44.6 Å². The molecular weight excluding hydrogens is 350 g/mol. The minimum absolute atomic E-state index is 0. The lowest BCUT2D eigenvalue weighted by Gasteiger charge is -2.38. The van der Waals surface area contributed by atoms with Crippen LogP contribution >= 0.6 is 28.3 Å². The third-order valence-electron chi connectivity index (χ3n) is 4.52. The van der Waals surface area contributed by atoms with Crippen LogP contribution in [-0.4, -0.2) is 16.3 Å². The highest BCUT2D eigenvalue weighted by atomic mass is 79.9. The van der Waals surface area contributed by atoms with Crippen LogP contribution in [0.3, 0.4) is 0 Å². The molecule has 4 rings (SSSR count). The summed E-state index contributed by atoms with van der Waals surface area (Å²) in [6.07, 6.45) is 2.03. The summed E-state index contributed by atoms with van der Waals surface area (Å²) in [6, 6.07) is 6.21. The Morgan fingerprint density at radius 2 is 1.90 bits per heavy atom. The number of phenolic OH excluding ortho intramolecular Hbond substituents is 2. The van der Waals surface area contributed by atoms with Crippen LogP contribution in [0.2, 0.25) is 0 Å². The summed E-state index contributed by atoms with van der Waals surface area (Å²) in [5.74, 6) is 0.287. The molecule has 0 saturated carbocycles. The summed E-state index contributed by atoms with van der Waals surface area (Å²) in [4.78, 5) is 2.75. The van der Waals surface area contributed by atoms with Crippen LogP contribution in [0, 0.1) is 6.92 Å². The van der Waals surface area contributed by atoms with Crippen molar-refractivity contribution in [3.63, 3.8) is 0 Å². The first-order valence-electron chi connectivity index (χ1n) is 7.01. The zero-order valence-electron chi connectivity index (χ0n) is 11.7. The van der Waals surface area contributed by atoms with Crippen molar-refractivity contribution in [3.8, 4) is 11.5 Å². The summed E-state index contributed by atoms with van der Waals surface area (Å²) in [5.41, 5.74) is 3.74. The molecule has 2 aliphatic rings. The van der Waals surface area contributed by atoms with Crippen molar-refractivity contribution in [2.45, 2.75) is 38.3 Å². The highest BCUT2D eigenvalue weighted by Gasteiger charge is 2.36. The largest absolute Gasteiger partial charge is 0.504 e. The number of phenols is 2. The Morgan fingerprint density at radius 3 is 2.71 bits per heavy atom. The monoisotopic (exact) mass is 367 g/mol. The maximum Gasteiger partial charge on any atom is 0.157 e. The van der Waals surface area contributed by atoms with E-state index < -0.39 is 0 Å². The molecule has 0 bridgehead atoms. The summed E-state index contributed by atoms with van der Waals surface area (Å²) < 4.78 is 0. The van der Waals surface area contributed by atoms with Gasteiger partial charge in [0, 0.05) is 28.3 Å². The Morgan fingerprint density at radius 1 is 1.14 bits per heavy atom. The standard InChI is InChI=1S/C16H17NO2S.BrH/c1-8-4-11-15(20-8)7-17-12-3-2-9-5-13(18)14(19)6-10(9)16(11)12;/h4-6,12,16-19H,2-3,7H2,1H3;1H. The van der Waals surface area contributed by atoms with Gasteiger partial charge in [-0.1, -0.05) is 0 Å². The van der Waals surface area contributed by atoms with Crippen molar-refractivity contribution < 1.29 is 10.2 Å². The first-order chi connectivity index (χ1) is 9.63. The number of fused-ring (bicyclic) bond motifs is 5. The van der Waals surface area contributed by atoms with Gasteiger partial charge in [-0.25, -0.2) is 0 Å². The van der Waals surface area contributed by atoms with Gasteiger partial charge < -0.3 is 15.5 Å². The Labute approximate surface area is 138 Å². The van der Waals surface area contributed by atoms with E-state index in [1.54, 1.807) is 12.1 Å². The van der Waals surface area contributed by atoms with Crippen LogP contribution in [0.4, 0.5) is 0 Å². The number of nitrogens with one attached hydrogen (secondary N) is 1. The Bertz CT molecular complexity index is 698. The van der Waals surface area contributed by atoms with Crippen molar-refractivity contribution in [2.75, 3.05) is 0 Å². The lowest BCUT2D eigenvalue weighted by molar-refractivity contribution is 0.382. The van der Waals surface area contributed by atoms with Gasteiger partial charge in [0.25, 0.3) is 0 Å². The number of aryl methyl sites for hydroxylation is 2. The molecule has 1 aromatic heterocycles. The molecule has 21 heavy (non-hydrogen) atoms. The van der Waals surface area contributed by atoms with Gasteiger partial charge in [-0.3, -0.25) is 0 Å². The molecule has 2 unspecified atom stereocenters. The van der Waals surface area contributed by atoms with Crippen molar-refractivity contribution in [1.82, 2.24) is 5.32 Å². The fraction of sp³-hybridized carbons (Fsp3) is 0.375. The second kappa shape index (κ2) is 5.30. The first-order valence-corrected chi connectivity index (χ1v) is 7.82. The maximum atomic E-state index is 9.85. The second-order valence-corrected chi connectivity index (χ2v) is 7.12. The molecule has 2 heterocycles. The van der Waals surface area contributed by atoms with E-state index in [4.69, 9.17) is 0 Å². The molecule has 112 valence electrons. The number of aromatic hydroxyl groups is 2. The zero-order chi connectivity index (χ0) is 13.9. The Balaban J connectivity index is 0.00000132. The van der Waals surface area contributed by atoms with Gasteiger partial charge in [0.1, 0.15) is 0 Å². The van der Waals surface area contributed by atoms with Crippen molar-refractivity contribution in [1.29, 1.82) is 0 Å². The molecule has 2 atom stereocenters. The van der Waals surface area contributed by atoms with Gasteiger partial charge in [-0.15, -0.1) is 28.3 Å². The topological polar surface area (TPSA) is 52.5 Å². The van der Waals surface area contributed by atoms with Crippen LogP contribution in [-0.2, 0) is 13.0 Å². The summed E-state index contributed by atoms with van der Waals surface area (Å²) in [6.45, 7) is 3.10. The molecule has 3 N–H and O–H groups in total. The quantitative estimate of drug-likeness (QED) is 0.623. The molecule has 0 spiro atoms. The molecule has 0 fully saturated rings. The third kappa shape index (κ3) is 2.28. The average Bonchev–Trinajstić information content (AvgIpc) is 2.80. The second-order valence-electron chi connectivity index (χ2n) is 5.78. The van der Waals surface area contributed by atoms with Gasteiger partial charge in [0.15, 0.2) is 11.5 Å².